The van der Waals surface area contributed by atoms with Crippen molar-refractivity contribution in [3.05, 3.63) is 74.4 Å². The predicted octanol–water partition coefficient (Wildman–Crippen LogP) is 1.50. The number of fused-ring (bicyclic) bond motifs is 1. The van der Waals surface area contributed by atoms with Gasteiger partial charge in [-0.2, -0.15) is 0 Å². The van der Waals surface area contributed by atoms with Gasteiger partial charge in [-0.3, -0.25) is 19.0 Å². The first-order valence-electron chi connectivity index (χ1n) is 9.90. The molecule has 31 heavy (non-hydrogen) atoms. The average Bonchev–Trinajstić information content (AvgIpc) is 2.77. The number of halogens is 1. The van der Waals surface area contributed by atoms with Crippen molar-refractivity contribution in [2.45, 2.75) is 13.5 Å². The smallest absolute Gasteiger partial charge is 0.336 e. The second-order valence-electron chi connectivity index (χ2n) is 7.39. The maximum absolute atomic E-state index is 13.3. The number of piperazine rings is 1. The Hall–Kier alpha value is -3.39. The van der Waals surface area contributed by atoms with Crippen LogP contribution in [0.5, 0.6) is 0 Å². The summed E-state index contributed by atoms with van der Waals surface area (Å²) in [6, 6.07) is 13.2. The number of para-hydroxylation sites is 1. The third-order valence-corrected chi connectivity index (χ3v) is 5.72. The van der Waals surface area contributed by atoms with Crippen LogP contribution in [0, 0.1) is 0 Å². The standard InChI is InChI=1S/C22H21ClN4O4/c1-15(28)24-9-11-25(12-10-24)20(29)14-26-19-8-3-2-7-18(19)21(30)27(22(26)31)17-6-4-5-16(23)13-17/h2-8,13H,9-12,14H2,1H3. The molecule has 0 aliphatic carbocycles. The molecule has 1 aromatic heterocycles. The lowest BCUT2D eigenvalue weighted by Gasteiger charge is -2.34. The summed E-state index contributed by atoms with van der Waals surface area (Å²) in [6.07, 6.45) is 0. The van der Waals surface area contributed by atoms with E-state index >= 15 is 0 Å². The van der Waals surface area contributed by atoms with Crippen LogP contribution in [0.3, 0.4) is 0 Å². The zero-order chi connectivity index (χ0) is 22.1. The van der Waals surface area contributed by atoms with Gasteiger partial charge in [-0.15, -0.1) is 0 Å². The van der Waals surface area contributed by atoms with Crippen LogP contribution in [0.15, 0.2) is 58.1 Å². The number of nitrogens with zero attached hydrogens (tertiary/aromatic N) is 4. The van der Waals surface area contributed by atoms with Gasteiger partial charge in [0.1, 0.15) is 6.54 Å². The Labute approximate surface area is 182 Å². The van der Waals surface area contributed by atoms with Crippen LogP contribution in [-0.4, -0.2) is 56.9 Å². The van der Waals surface area contributed by atoms with E-state index in [-0.39, 0.29) is 18.4 Å². The molecule has 0 bridgehead atoms. The molecular weight excluding hydrogens is 420 g/mol. The van der Waals surface area contributed by atoms with E-state index in [1.54, 1.807) is 52.3 Å². The fraction of sp³-hybridized carbons (Fsp3) is 0.273. The van der Waals surface area contributed by atoms with Crippen LogP contribution in [0.2, 0.25) is 5.02 Å². The van der Waals surface area contributed by atoms with E-state index in [0.717, 1.165) is 4.57 Å². The lowest BCUT2D eigenvalue weighted by Crippen LogP contribution is -2.51. The number of aromatic nitrogens is 2. The first-order chi connectivity index (χ1) is 14.9. The average molecular weight is 441 g/mol. The van der Waals surface area contributed by atoms with Crippen LogP contribution < -0.4 is 11.2 Å². The summed E-state index contributed by atoms with van der Waals surface area (Å²) in [7, 11) is 0. The Morgan fingerprint density at radius 2 is 1.61 bits per heavy atom. The van der Waals surface area contributed by atoms with E-state index in [1.165, 1.54) is 17.6 Å². The lowest BCUT2D eigenvalue weighted by molar-refractivity contribution is -0.138. The molecule has 0 spiro atoms. The molecule has 2 aromatic carbocycles. The molecule has 1 fully saturated rings. The van der Waals surface area contributed by atoms with E-state index < -0.39 is 11.2 Å². The van der Waals surface area contributed by atoms with Crippen molar-refractivity contribution in [1.29, 1.82) is 0 Å². The number of hydrogen-bond acceptors (Lipinski definition) is 4. The second kappa shape index (κ2) is 8.39. The van der Waals surface area contributed by atoms with E-state index in [1.807, 2.05) is 0 Å². The van der Waals surface area contributed by atoms with Gasteiger partial charge in [0, 0.05) is 38.1 Å². The maximum Gasteiger partial charge on any atom is 0.336 e. The number of hydrogen-bond donors (Lipinski definition) is 0. The normalized spacial score (nSPS) is 14.1. The molecule has 0 saturated carbocycles. The minimum atomic E-state index is -0.610. The molecule has 160 valence electrons. The summed E-state index contributed by atoms with van der Waals surface area (Å²) in [5, 5.41) is 0.721. The van der Waals surface area contributed by atoms with Gasteiger partial charge in [-0.1, -0.05) is 29.8 Å². The Morgan fingerprint density at radius 1 is 0.935 bits per heavy atom. The summed E-state index contributed by atoms with van der Waals surface area (Å²) in [5.74, 6) is -0.269. The lowest BCUT2D eigenvalue weighted by atomic mass is 10.2. The largest absolute Gasteiger partial charge is 0.339 e. The number of rotatable bonds is 3. The quantitative estimate of drug-likeness (QED) is 0.617. The maximum atomic E-state index is 13.3. The molecule has 0 atom stereocenters. The van der Waals surface area contributed by atoms with Crippen LogP contribution in [0.25, 0.3) is 16.6 Å². The third-order valence-electron chi connectivity index (χ3n) is 5.49. The monoisotopic (exact) mass is 440 g/mol. The van der Waals surface area contributed by atoms with Crippen molar-refractivity contribution >= 4 is 34.3 Å². The van der Waals surface area contributed by atoms with Gasteiger partial charge in [-0.05, 0) is 30.3 Å². The van der Waals surface area contributed by atoms with Crippen molar-refractivity contribution in [2.75, 3.05) is 26.2 Å². The fourth-order valence-electron chi connectivity index (χ4n) is 3.82. The zero-order valence-electron chi connectivity index (χ0n) is 17.0. The van der Waals surface area contributed by atoms with E-state index in [9.17, 15) is 19.2 Å². The Morgan fingerprint density at radius 3 is 2.29 bits per heavy atom. The van der Waals surface area contributed by atoms with Crippen LogP contribution in [-0.2, 0) is 16.1 Å². The van der Waals surface area contributed by atoms with Crippen molar-refractivity contribution in [3.8, 4) is 5.69 Å². The van der Waals surface area contributed by atoms with Crippen LogP contribution in [0.4, 0.5) is 0 Å². The van der Waals surface area contributed by atoms with Crippen molar-refractivity contribution in [2.24, 2.45) is 0 Å². The molecule has 3 aromatic rings. The molecule has 1 aliphatic rings. The molecule has 4 rings (SSSR count). The minimum Gasteiger partial charge on any atom is -0.339 e. The molecule has 9 heteroatoms. The Balaban J connectivity index is 1.76. The fourth-order valence-corrected chi connectivity index (χ4v) is 4.01. The first kappa shape index (κ1) is 20.9. The molecular formula is C22H21ClN4O4. The number of amides is 2. The predicted molar refractivity (Wildman–Crippen MR) is 118 cm³/mol. The topological polar surface area (TPSA) is 84.6 Å². The number of benzene rings is 2. The van der Waals surface area contributed by atoms with Gasteiger partial charge in [0.25, 0.3) is 5.56 Å². The minimum absolute atomic E-state index is 0.0251. The third kappa shape index (κ3) is 3.98. The van der Waals surface area contributed by atoms with Crippen molar-refractivity contribution in [3.63, 3.8) is 0 Å². The Kier molecular flexibility index (Phi) is 5.65. The van der Waals surface area contributed by atoms with Gasteiger partial charge < -0.3 is 9.80 Å². The summed E-state index contributed by atoms with van der Waals surface area (Å²) in [6.45, 7) is 3.01. The number of carbonyl (C=O) groups is 2. The summed E-state index contributed by atoms with van der Waals surface area (Å²) >= 11 is 6.06. The van der Waals surface area contributed by atoms with Crippen LogP contribution >= 0.6 is 11.6 Å². The zero-order valence-corrected chi connectivity index (χ0v) is 17.7. The van der Waals surface area contributed by atoms with Gasteiger partial charge >= 0.3 is 5.69 Å². The summed E-state index contributed by atoms with van der Waals surface area (Å²) in [4.78, 5) is 54.2. The van der Waals surface area contributed by atoms with Crippen LogP contribution in [0.1, 0.15) is 6.92 Å². The summed E-state index contributed by atoms with van der Waals surface area (Å²) < 4.78 is 2.35. The van der Waals surface area contributed by atoms with Gasteiger partial charge in [0.2, 0.25) is 11.8 Å². The molecule has 0 unspecified atom stereocenters. The van der Waals surface area contributed by atoms with Gasteiger partial charge in [0.15, 0.2) is 0 Å². The highest BCUT2D eigenvalue weighted by Gasteiger charge is 2.24. The molecule has 0 radical (unpaired) electrons. The van der Waals surface area contributed by atoms with Gasteiger partial charge in [0.05, 0.1) is 16.6 Å². The van der Waals surface area contributed by atoms with Crippen molar-refractivity contribution < 1.29 is 9.59 Å². The highest BCUT2D eigenvalue weighted by molar-refractivity contribution is 6.30. The molecule has 1 saturated heterocycles. The molecule has 8 nitrogen and oxygen atoms in total. The molecule has 2 amide bonds. The molecule has 1 aliphatic heterocycles. The van der Waals surface area contributed by atoms with E-state index in [4.69, 9.17) is 11.6 Å². The van der Waals surface area contributed by atoms with E-state index in [0.29, 0.717) is 47.8 Å². The first-order valence-corrected chi connectivity index (χ1v) is 10.3. The van der Waals surface area contributed by atoms with Crippen molar-refractivity contribution in [1.82, 2.24) is 18.9 Å². The SMILES string of the molecule is CC(=O)N1CCN(C(=O)Cn2c(=O)n(-c3cccc(Cl)c3)c(=O)c3ccccc32)CC1. The van der Waals surface area contributed by atoms with Gasteiger partial charge in [-0.25, -0.2) is 9.36 Å². The Bertz CT molecular complexity index is 1290. The highest BCUT2D eigenvalue weighted by atomic mass is 35.5. The highest BCUT2D eigenvalue weighted by Crippen LogP contribution is 2.15. The second-order valence-corrected chi connectivity index (χ2v) is 7.83. The molecule has 2 heterocycles. The summed E-state index contributed by atoms with van der Waals surface area (Å²) in [5.41, 5.74) is -0.348. The van der Waals surface area contributed by atoms with E-state index in [2.05, 4.69) is 0 Å². The molecule has 0 N–H and O–H groups in total. The number of carbonyl (C=O) groups excluding carboxylic acids is 2.